The first-order valence-electron chi connectivity index (χ1n) is 10.8. The minimum absolute atomic E-state index is 0. The Labute approximate surface area is 270 Å². The van der Waals surface area contributed by atoms with Crippen molar-refractivity contribution in [3.05, 3.63) is 57.0 Å². The molecule has 2 aliphatic heterocycles. The van der Waals surface area contributed by atoms with Gasteiger partial charge >= 0.3 is 51.4 Å². The van der Waals surface area contributed by atoms with Crippen LogP contribution in [0.5, 0.6) is 0 Å². The van der Waals surface area contributed by atoms with Gasteiger partial charge in [0, 0.05) is 29.3 Å². The van der Waals surface area contributed by atoms with Gasteiger partial charge in [0.05, 0.1) is 45.7 Å². The van der Waals surface area contributed by atoms with Crippen LogP contribution in [0.3, 0.4) is 0 Å². The number of quaternary nitrogens is 1. The van der Waals surface area contributed by atoms with Crippen molar-refractivity contribution in [2.24, 2.45) is 0 Å². The number of nitriles is 1. The van der Waals surface area contributed by atoms with Crippen molar-refractivity contribution < 1.29 is 81.9 Å². The van der Waals surface area contributed by atoms with Crippen molar-refractivity contribution in [1.82, 2.24) is 4.48 Å². The summed E-state index contributed by atoms with van der Waals surface area (Å²) in [7, 11) is -9.03. The van der Waals surface area contributed by atoms with Crippen LogP contribution in [0.1, 0.15) is 23.4 Å². The fraction of sp³-hybridized carbons (Fsp3) is 0.273. The number of nitrogens with zero attached hydrogens (tertiary/aromatic N) is 3. The minimum atomic E-state index is -4.63. The summed E-state index contributed by atoms with van der Waals surface area (Å²) in [6.07, 6.45) is 2.10. The number of hydrogen-bond acceptors (Lipinski definition) is 9. The number of aromatic nitrogens is 1. The molecule has 1 spiro atoms. The molecule has 0 bridgehead atoms. The quantitative estimate of drug-likeness (QED) is 0.166. The Bertz CT molecular complexity index is 1700. The number of halogens is 1. The van der Waals surface area contributed by atoms with Crippen molar-refractivity contribution in [3.8, 4) is 6.07 Å². The molecule has 2 aliphatic rings. The summed E-state index contributed by atoms with van der Waals surface area (Å²) in [5, 5.41) is 9.91. The molecule has 188 valence electrons. The molecule has 2 aromatic carbocycles. The summed E-state index contributed by atoms with van der Waals surface area (Å²) in [5.74, 6) is -0.541. The van der Waals surface area contributed by atoms with E-state index in [1.807, 2.05) is 10.6 Å². The van der Waals surface area contributed by atoms with Gasteiger partial charge in [-0.25, -0.2) is 21.3 Å². The van der Waals surface area contributed by atoms with Gasteiger partial charge in [-0.1, -0.05) is 22.9 Å². The van der Waals surface area contributed by atoms with Crippen LogP contribution in [-0.4, -0.2) is 43.6 Å². The summed E-state index contributed by atoms with van der Waals surface area (Å²) in [6, 6.07) is 12.4. The minimum Gasteiger partial charge on any atom is -0.748 e. The van der Waals surface area contributed by atoms with Crippen LogP contribution >= 0.6 is 34.7 Å². The zero-order valence-corrected chi connectivity index (χ0v) is 26.6. The standard InChI is InChI=1S/C22H18ClN3O6S4.K/c23-15-3-5-19-17(11-15)26(8-6-22(26)36(30,31)32)21(34-19)12-20-25(7-1-9-35(27,28)29)16-10-14(13-24)2-4-18(16)33-20;/h2-5,10-12,22H,1,6-9H2;/q;+1. The number of rotatable bonds is 6. The number of aryl methyl sites for hydroxylation is 1. The SMILES string of the molecule is N#Cc1ccc2sc(C=C3Sc4ccc(Cl)cc4[N+]34CCC4S(=O)(=O)[O-])[n+](CCCS(=O)(=O)[O-])c2c1.[K+]. The third-order valence-electron chi connectivity index (χ3n) is 6.39. The molecule has 2 atom stereocenters. The third kappa shape index (κ3) is 5.62. The first-order valence-corrected chi connectivity index (χ1v) is 15.8. The van der Waals surface area contributed by atoms with E-state index in [-0.39, 0.29) is 75.3 Å². The van der Waals surface area contributed by atoms with Crippen molar-refractivity contribution >= 4 is 76.9 Å². The molecule has 0 N–H and O–H groups in total. The number of benzene rings is 2. The average Bonchev–Trinajstić information content (AvgIpc) is 3.26. The van der Waals surface area contributed by atoms with Gasteiger partial charge in [-0.3, -0.25) is 0 Å². The molecule has 1 saturated heterocycles. The van der Waals surface area contributed by atoms with Gasteiger partial charge in [-0.05, 0) is 36.0 Å². The van der Waals surface area contributed by atoms with Crippen LogP contribution in [0.15, 0.2) is 46.3 Å². The average molecular weight is 623 g/mol. The number of thioether (sulfide) groups is 1. The molecule has 3 aromatic rings. The number of hydrogen-bond donors (Lipinski definition) is 0. The Kier molecular flexibility index (Phi) is 8.71. The van der Waals surface area contributed by atoms with E-state index in [2.05, 4.69) is 6.07 Å². The summed E-state index contributed by atoms with van der Waals surface area (Å²) in [4.78, 5) is 0.802. The van der Waals surface area contributed by atoms with Crippen LogP contribution in [0.2, 0.25) is 5.02 Å². The van der Waals surface area contributed by atoms with E-state index in [1.54, 1.807) is 36.4 Å². The van der Waals surface area contributed by atoms with Crippen molar-refractivity contribution in [3.63, 3.8) is 0 Å². The van der Waals surface area contributed by atoms with E-state index in [1.165, 1.54) is 23.1 Å². The predicted molar refractivity (Wildman–Crippen MR) is 136 cm³/mol. The summed E-state index contributed by atoms with van der Waals surface area (Å²) < 4.78 is 72.7. The van der Waals surface area contributed by atoms with Gasteiger partial charge in [0.2, 0.25) is 5.52 Å². The van der Waals surface area contributed by atoms with E-state index < -0.39 is 31.4 Å². The van der Waals surface area contributed by atoms with E-state index in [0.29, 0.717) is 38.4 Å². The van der Waals surface area contributed by atoms with Crippen LogP contribution in [0.4, 0.5) is 5.69 Å². The molecule has 1 fully saturated rings. The van der Waals surface area contributed by atoms with Gasteiger partial charge < -0.3 is 9.11 Å². The third-order valence-corrected chi connectivity index (χ3v) is 11.0. The largest absolute Gasteiger partial charge is 1.00 e. The molecule has 2 unspecified atom stereocenters. The Balaban J connectivity index is 0.00000320. The van der Waals surface area contributed by atoms with E-state index in [9.17, 15) is 31.2 Å². The molecule has 0 saturated carbocycles. The van der Waals surface area contributed by atoms with E-state index in [4.69, 9.17) is 11.6 Å². The fourth-order valence-electron chi connectivity index (χ4n) is 4.74. The zero-order chi connectivity index (χ0) is 25.9. The van der Waals surface area contributed by atoms with E-state index >= 15 is 0 Å². The maximum absolute atomic E-state index is 12.2. The Morgan fingerprint density at radius 2 is 1.95 bits per heavy atom. The van der Waals surface area contributed by atoms with Gasteiger partial charge in [-0.2, -0.15) is 9.83 Å². The van der Waals surface area contributed by atoms with Gasteiger partial charge in [-0.15, -0.1) is 0 Å². The first kappa shape index (κ1) is 29.6. The van der Waals surface area contributed by atoms with Crippen molar-refractivity contribution in [1.29, 1.82) is 5.26 Å². The zero-order valence-electron chi connectivity index (χ0n) is 19.5. The molecular weight excluding hydrogens is 605 g/mol. The molecule has 5 rings (SSSR count). The Hall–Kier alpha value is -0.384. The second-order valence-electron chi connectivity index (χ2n) is 8.53. The Morgan fingerprint density at radius 3 is 2.57 bits per heavy atom. The maximum Gasteiger partial charge on any atom is 1.00 e. The molecule has 0 radical (unpaired) electrons. The maximum atomic E-state index is 12.2. The van der Waals surface area contributed by atoms with Crippen molar-refractivity contribution in [2.45, 2.75) is 29.7 Å². The molecule has 37 heavy (non-hydrogen) atoms. The normalized spacial score (nSPS) is 22.0. The molecular formula is C22H18ClKN3O6S4+. The number of fused-ring (bicyclic) bond motifs is 3. The van der Waals surface area contributed by atoms with E-state index in [0.717, 1.165) is 9.60 Å². The molecule has 9 nitrogen and oxygen atoms in total. The second-order valence-corrected chi connectivity index (χ2v) is 14.1. The Morgan fingerprint density at radius 1 is 1.19 bits per heavy atom. The van der Waals surface area contributed by atoms with Crippen LogP contribution in [0, 0.1) is 11.3 Å². The molecule has 0 amide bonds. The molecule has 3 heterocycles. The smallest absolute Gasteiger partial charge is 0.748 e. The second kappa shape index (κ2) is 10.9. The summed E-state index contributed by atoms with van der Waals surface area (Å²) >= 11 is 8.98. The van der Waals surface area contributed by atoms with Crippen LogP contribution < -0.4 is 60.4 Å². The summed E-state index contributed by atoms with van der Waals surface area (Å²) in [6.45, 7) is 0.610. The molecule has 1 aromatic heterocycles. The van der Waals surface area contributed by atoms with Gasteiger partial charge in [0.25, 0.3) is 5.01 Å². The molecule has 0 aliphatic carbocycles. The van der Waals surface area contributed by atoms with Crippen LogP contribution in [0.25, 0.3) is 16.3 Å². The van der Waals surface area contributed by atoms with Gasteiger partial charge in [0.1, 0.15) is 4.70 Å². The fourth-order valence-corrected chi connectivity index (χ4v) is 9.15. The monoisotopic (exact) mass is 622 g/mol. The van der Waals surface area contributed by atoms with Gasteiger partial charge in [0.15, 0.2) is 32.8 Å². The first-order chi connectivity index (χ1) is 16.9. The number of thiazole rings is 1. The van der Waals surface area contributed by atoms with Crippen molar-refractivity contribution in [2.75, 3.05) is 12.3 Å². The topological polar surface area (TPSA) is 142 Å². The summed E-state index contributed by atoms with van der Waals surface area (Å²) in [5.41, 5.74) is 1.78. The molecule has 15 heteroatoms. The van der Waals surface area contributed by atoms with Crippen LogP contribution in [-0.2, 0) is 26.8 Å². The predicted octanol–water partition coefficient (Wildman–Crippen LogP) is 0.340.